The zero-order valence-corrected chi connectivity index (χ0v) is 12.5. The number of nitrogens with zero attached hydrogens (tertiary/aromatic N) is 1. The molecule has 1 rings (SSSR count). The molecule has 1 heterocycles. The van der Waals surface area contributed by atoms with Gasteiger partial charge in [0.15, 0.2) is 0 Å². The molecule has 0 bridgehead atoms. The second kappa shape index (κ2) is 7.72. The average Bonchev–Trinajstić information content (AvgIpc) is 2.62. The highest BCUT2D eigenvalue weighted by Gasteiger charge is 2.19. The van der Waals surface area contributed by atoms with E-state index in [1.54, 1.807) is 11.8 Å². The lowest BCUT2D eigenvalue weighted by Crippen LogP contribution is -2.02. The molecule has 0 atom stereocenters. The van der Waals surface area contributed by atoms with Crippen LogP contribution < -0.4 is 0 Å². The summed E-state index contributed by atoms with van der Waals surface area (Å²) >= 11 is 1.76. The van der Waals surface area contributed by atoms with Gasteiger partial charge < -0.3 is 0 Å². The summed E-state index contributed by atoms with van der Waals surface area (Å²) in [6.07, 6.45) is 0. The number of rotatable bonds is 2. The van der Waals surface area contributed by atoms with Crippen LogP contribution in [-0.4, -0.2) is 11.6 Å². The monoisotopic (exact) mass is 239 g/mol. The number of aliphatic imine (C=N–C) groups is 1. The van der Waals surface area contributed by atoms with Gasteiger partial charge in [-0.25, -0.2) is 0 Å². The molecule has 0 spiro atoms. The van der Waals surface area contributed by atoms with Crippen LogP contribution in [0.15, 0.2) is 27.1 Å². The molecule has 0 aliphatic carbocycles. The molecule has 1 aliphatic heterocycles. The number of hydrogen-bond donors (Lipinski definition) is 0. The number of thioether (sulfide) groups is 1. The van der Waals surface area contributed by atoms with Crippen LogP contribution >= 0.6 is 11.8 Å². The van der Waals surface area contributed by atoms with Crippen molar-refractivity contribution in [2.75, 3.05) is 6.54 Å². The maximum Gasteiger partial charge on any atom is 0.102 e. The summed E-state index contributed by atoms with van der Waals surface area (Å²) in [5.41, 5.74) is 4.20. The summed E-state index contributed by atoms with van der Waals surface area (Å²) in [4.78, 5) is 4.53. The lowest BCUT2D eigenvalue weighted by atomic mass is 9.96. The van der Waals surface area contributed by atoms with Crippen molar-refractivity contribution in [2.45, 2.75) is 48.5 Å². The molecule has 0 fully saturated rings. The molecule has 0 saturated carbocycles. The van der Waals surface area contributed by atoms with Gasteiger partial charge in [-0.15, -0.1) is 0 Å². The molecule has 1 aliphatic rings. The topological polar surface area (TPSA) is 12.4 Å². The summed E-state index contributed by atoms with van der Waals surface area (Å²) < 4.78 is 0. The van der Waals surface area contributed by atoms with Crippen molar-refractivity contribution in [1.29, 1.82) is 0 Å². The Morgan fingerprint density at radius 1 is 1.38 bits per heavy atom. The summed E-state index contributed by atoms with van der Waals surface area (Å²) in [6, 6.07) is 0. The molecular weight excluding hydrogens is 214 g/mol. The standard InChI is InChI=1S/C12H19NS.C2H6/c1-6-13-12-11(9(4)7-14-12)10(5)8(2)3;1-2/h7-8H,6H2,1-5H3;1-2H3/b11-10+,13-12?;. The van der Waals surface area contributed by atoms with Gasteiger partial charge in [-0.05, 0) is 37.7 Å². The van der Waals surface area contributed by atoms with Gasteiger partial charge in [0.25, 0.3) is 0 Å². The van der Waals surface area contributed by atoms with Gasteiger partial charge in [-0.2, -0.15) is 0 Å². The van der Waals surface area contributed by atoms with Crippen LogP contribution in [0.1, 0.15) is 48.5 Å². The van der Waals surface area contributed by atoms with Gasteiger partial charge in [-0.1, -0.05) is 45.0 Å². The second-order valence-corrected chi connectivity index (χ2v) is 4.77. The van der Waals surface area contributed by atoms with Crippen molar-refractivity contribution in [3.8, 4) is 0 Å². The first kappa shape index (κ1) is 15.5. The fourth-order valence-electron chi connectivity index (χ4n) is 1.46. The van der Waals surface area contributed by atoms with E-state index in [4.69, 9.17) is 0 Å². The molecule has 0 aromatic heterocycles. The number of allylic oxidation sites excluding steroid dienone is 2. The van der Waals surface area contributed by atoms with E-state index < -0.39 is 0 Å². The molecule has 0 N–H and O–H groups in total. The van der Waals surface area contributed by atoms with Crippen LogP contribution in [0.3, 0.4) is 0 Å². The lowest BCUT2D eigenvalue weighted by molar-refractivity contribution is 0.764. The van der Waals surface area contributed by atoms with Crippen LogP contribution in [0.2, 0.25) is 0 Å². The zero-order chi connectivity index (χ0) is 12.7. The van der Waals surface area contributed by atoms with Crippen LogP contribution in [0.25, 0.3) is 0 Å². The normalized spacial score (nSPS) is 20.8. The van der Waals surface area contributed by atoms with Crippen molar-refractivity contribution < 1.29 is 0 Å². The third-order valence-corrected chi connectivity index (χ3v) is 3.55. The Kier molecular flexibility index (Phi) is 7.48. The Labute approximate surface area is 105 Å². The van der Waals surface area contributed by atoms with Crippen LogP contribution in [-0.2, 0) is 0 Å². The third kappa shape index (κ3) is 3.82. The van der Waals surface area contributed by atoms with E-state index in [-0.39, 0.29) is 0 Å². The van der Waals surface area contributed by atoms with Crippen LogP contribution in [0.5, 0.6) is 0 Å². The predicted octanol–water partition coefficient (Wildman–Crippen LogP) is 5.05. The molecule has 2 heteroatoms. The molecular formula is C14H25NS. The molecule has 0 saturated heterocycles. The van der Waals surface area contributed by atoms with Crippen molar-refractivity contribution >= 4 is 16.8 Å². The van der Waals surface area contributed by atoms with E-state index in [0.717, 1.165) is 6.54 Å². The SMILES string of the molecule is CC.CCN=C1SC=C(C)/C1=C(/C)C(C)C. The van der Waals surface area contributed by atoms with Crippen LogP contribution in [0.4, 0.5) is 0 Å². The third-order valence-electron chi connectivity index (χ3n) is 2.52. The summed E-state index contributed by atoms with van der Waals surface area (Å²) in [6.45, 7) is 15.8. The minimum absolute atomic E-state index is 0.606. The van der Waals surface area contributed by atoms with Gasteiger partial charge in [0, 0.05) is 12.1 Å². The Bertz CT molecular complexity index is 309. The lowest BCUT2D eigenvalue weighted by Gasteiger charge is -2.11. The first-order chi connectivity index (χ1) is 7.57. The Morgan fingerprint density at radius 3 is 2.38 bits per heavy atom. The maximum atomic E-state index is 4.53. The van der Waals surface area contributed by atoms with E-state index in [9.17, 15) is 0 Å². The van der Waals surface area contributed by atoms with Gasteiger partial charge >= 0.3 is 0 Å². The maximum absolute atomic E-state index is 4.53. The van der Waals surface area contributed by atoms with Crippen LogP contribution in [0, 0.1) is 5.92 Å². The number of hydrogen-bond acceptors (Lipinski definition) is 2. The minimum atomic E-state index is 0.606. The van der Waals surface area contributed by atoms with E-state index in [1.807, 2.05) is 13.8 Å². The highest BCUT2D eigenvalue weighted by Crippen LogP contribution is 2.34. The van der Waals surface area contributed by atoms with Gasteiger partial charge in [0.2, 0.25) is 0 Å². The van der Waals surface area contributed by atoms with Crippen molar-refractivity contribution in [3.63, 3.8) is 0 Å². The zero-order valence-electron chi connectivity index (χ0n) is 11.7. The molecule has 0 unspecified atom stereocenters. The van der Waals surface area contributed by atoms with Gasteiger partial charge in [0.1, 0.15) is 5.04 Å². The highest BCUT2D eigenvalue weighted by molar-refractivity contribution is 8.17. The van der Waals surface area contributed by atoms with Crippen molar-refractivity contribution in [2.24, 2.45) is 10.9 Å². The quantitative estimate of drug-likeness (QED) is 0.656. The second-order valence-electron chi connectivity index (χ2n) is 3.91. The molecule has 0 aromatic carbocycles. The Morgan fingerprint density at radius 2 is 1.94 bits per heavy atom. The first-order valence-electron chi connectivity index (χ1n) is 6.17. The smallest absolute Gasteiger partial charge is 0.102 e. The van der Waals surface area contributed by atoms with Gasteiger partial charge in [0.05, 0.1) is 0 Å². The Hall–Kier alpha value is -0.500. The van der Waals surface area contributed by atoms with E-state index in [1.165, 1.54) is 21.8 Å². The van der Waals surface area contributed by atoms with Crippen molar-refractivity contribution in [3.05, 3.63) is 22.1 Å². The fraction of sp³-hybridized carbons (Fsp3) is 0.643. The van der Waals surface area contributed by atoms with E-state index >= 15 is 0 Å². The molecule has 0 amide bonds. The largest absolute Gasteiger partial charge is 0.278 e. The Balaban J connectivity index is 0.00000106. The summed E-state index contributed by atoms with van der Waals surface area (Å²) in [5, 5.41) is 3.41. The highest BCUT2D eigenvalue weighted by atomic mass is 32.2. The fourth-order valence-corrected chi connectivity index (χ4v) is 2.51. The molecule has 0 radical (unpaired) electrons. The van der Waals surface area contributed by atoms with Gasteiger partial charge in [-0.3, -0.25) is 4.99 Å². The molecule has 1 nitrogen and oxygen atoms in total. The summed E-state index contributed by atoms with van der Waals surface area (Å²) in [7, 11) is 0. The van der Waals surface area contributed by atoms with E-state index in [0.29, 0.717) is 5.92 Å². The predicted molar refractivity (Wildman–Crippen MR) is 78.2 cm³/mol. The summed E-state index contributed by atoms with van der Waals surface area (Å²) in [5.74, 6) is 0.606. The molecule has 92 valence electrons. The molecule has 16 heavy (non-hydrogen) atoms. The average molecular weight is 239 g/mol. The van der Waals surface area contributed by atoms with Crippen molar-refractivity contribution in [1.82, 2.24) is 0 Å². The van der Waals surface area contributed by atoms with E-state index in [2.05, 4.69) is 45.0 Å². The first-order valence-corrected chi connectivity index (χ1v) is 7.05. The molecule has 0 aromatic rings. The minimum Gasteiger partial charge on any atom is -0.278 e.